The fourth-order valence-electron chi connectivity index (χ4n) is 2.28. The molecule has 1 saturated heterocycles. The van der Waals surface area contributed by atoms with Crippen molar-refractivity contribution in [2.75, 3.05) is 23.7 Å². The number of aromatic nitrogens is 2. The number of hydrogen-bond donors (Lipinski definition) is 0. The molecule has 1 atom stereocenters. The predicted octanol–water partition coefficient (Wildman–Crippen LogP) is 4.07. The molecule has 2 heterocycles. The van der Waals surface area contributed by atoms with Crippen LogP contribution in [0.1, 0.15) is 45.5 Å². The van der Waals surface area contributed by atoms with Crippen LogP contribution in [0.4, 0.5) is 5.82 Å². The van der Waals surface area contributed by atoms with Crippen LogP contribution in [0.2, 0.25) is 5.15 Å². The zero-order valence-electron chi connectivity index (χ0n) is 13.0. The normalized spacial score (nSPS) is 20.3. The Hall–Kier alpha value is -0.480. The molecule has 0 saturated carbocycles. The molecule has 3 nitrogen and oxygen atoms in total. The molecule has 112 valence electrons. The molecule has 1 aliphatic rings. The maximum absolute atomic E-state index is 6.33. The van der Waals surface area contributed by atoms with Crippen molar-refractivity contribution in [3.8, 4) is 0 Å². The molecule has 5 heteroatoms. The smallest absolute Gasteiger partial charge is 0.137 e. The molecule has 1 aliphatic heterocycles. The molecule has 0 bridgehead atoms. The predicted molar refractivity (Wildman–Crippen MR) is 89.2 cm³/mol. The summed E-state index contributed by atoms with van der Waals surface area (Å²) in [6.07, 6.45) is 1.20. The van der Waals surface area contributed by atoms with E-state index >= 15 is 0 Å². The summed E-state index contributed by atoms with van der Waals surface area (Å²) in [5.41, 5.74) is 0.919. The second-order valence-electron chi connectivity index (χ2n) is 6.38. The first-order valence-electron chi connectivity index (χ1n) is 7.24. The quantitative estimate of drug-likeness (QED) is 0.770. The van der Waals surface area contributed by atoms with Crippen LogP contribution in [-0.4, -0.2) is 34.1 Å². The highest BCUT2D eigenvalue weighted by atomic mass is 35.5. The lowest BCUT2D eigenvalue weighted by Gasteiger charge is -2.34. The molecule has 0 aliphatic carbocycles. The minimum atomic E-state index is -0.0826. The highest BCUT2D eigenvalue weighted by molar-refractivity contribution is 8.00. The summed E-state index contributed by atoms with van der Waals surface area (Å²) in [4.78, 5) is 11.7. The van der Waals surface area contributed by atoms with Gasteiger partial charge >= 0.3 is 0 Å². The Balaban J connectivity index is 2.37. The molecule has 0 N–H and O–H groups in total. The Kier molecular flexibility index (Phi) is 4.85. The van der Waals surface area contributed by atoms with E-state index in [1.807, 2.05) is 6.92 Å². The molecule has 0 spiro atoms. The van der Waals surface area contributed by atoms with Crippen LogP contribution in [0.3, 0.4) is 0 Å². The Morgan fingerprint density at radius 1 is 1.35 bits per heavy atom. The van der Waals surface area contributed by atoms with Gasteiger partial charge in [0.15, 0.2) is 0 Å². The molecular weight excluding hydrogens is 290 g/mol. The van der Waals surface area contributed by atoms with Gasteiger partial charge in [-0.15, -0.1) is 0 Å². The van der Waals surface area contributed by atoms with E-state index in [-0.39, 0.29) is 5.41 Å². The lowest BCUT2D eigenvalue weighted by Crippen LogP contribution is -2.39. The topological polar surface area (TPSA) is 29.0 Å². The first-order valence-corrected chi connectivity index (χ1v) is 8.66. The van der Waals surface area contributed by atoms with Crippen LogP contribution in [0.5, 0.6) is 0 Å². The van der Waals surface area contributed by atoms with E-state index in [1.54, 1.807) is 0 Å². The Labute approximate surface area is 131 Å². The van der Waals surface area contributed by atoms with E-state index in [0.717, 1.165) is 36.0 Å². The summed E-state index contributed by atoms with van der Waals surface area (Å²) in [6.45, 7) is 12.7. The Bertz CT molecular complexity index is 485. The van der Waals surface area contributed by atoms with E-state index in [1.165, 1.54) is 6.42 Å². The highest BCUT2D eigenvalue weighted by Gasteiger charge is 2.26. The van der Waals surface area contributed by atoms with Gasteiger partial charge in [-0.2, -0.15) is 11.8 Å². The van der Waals surface area contributed by atoms with Crippen LogP contribution >= 0.6 is 23.4 Å². The molecule has 20 heavy (non-hydrogen) atoms. The summed E-state index contributed by atoms with van der Waals surface area (Å²) in [5.74, 6) is 3.01. The first-order chi connectivity index (χ1) is 9.32. The third kappa shape index (κ3) is 3.40. The summed E-state index contributed by atoms with van der Waals surface area (Å²) < 4.78 is 0. The van der Waals surface area contributed by atoms with Gasteiger partial charge < -0.3 is 4.90 Å². The van der Waals surface area contributed by atoms with Crippen molar-refractivity contribution < 1.29 is 0 Å². The van der Waals surface area contributed by atoms with Gasteiger partial charge in [-0.1, -0.05) is 39.3 Å². The van der Waals surface area contributed by atoms with Crippen molar-refractivity contribution in [2.24, 2.45) is 0 Å². The lowest BCUT2D eigenvalue weighted by atomic mass is 9.95. The minimum Gasteiger partial charge on any atom is -0.354 e. The lowest BCUT2D eigenvalue weighted by molar-refractivity contribution is 0.542. The van der Waals surface area contributed by atoms with E-state index in [9.17, 15) is 0 Å². The van der Waals surface area contributed by atoms with E-state index < -0.39 is 0 Å². The van der Waals surface area contributed by atoms with Crippen molar-refractivity contribution >= 4 is 29.2 Å². The zero-order valence-corrected chi connectivity index (χ0v) is 14.6. The highest BCUT2D eigenvalue weighted by Crippen LogP contribution is 2.31. The molecule has 1 aromatic rings. The van der Waals surface area contributed by atoms with E-state index in [2.05, 4.69) is 49.3 Å². The largest absolute Gasteiger partial charge is 0.354 e. The average Bonchev–Trinajstić information content (AvgIpc) is 2.40. The van der Waals surface area contributed by atoms with Crippen LogP contribution in [0.15, 0.2) is 0 Å². The molecule has 1 unspecified atom stereocenters. The number of halogens is 1. The van der Waals surface area contributed by atoms with Gasteiger partial charge in [0.2, 0.25) is 0 Å². The Morgan fingerprint density at radius 3 is 2.65 bits per heavy atom. The number of hydrogen-bond acceptors (Lipinski definition) is 4. The van der Waals surface area contributed by atoms with Crippen molar-refractivity contribution in [3.05, 3.63) is 16.5 Å². The number of anilines is 1. The van der Waals surface area contributed by atoms with Gasteiger partial charge in [-0.3, -0.25) is 0 Å². The van der Waals surface area contributed by atoms with Gasteiger partial charge in [0.25, 0.3) is 0 Å². The van der Waals surface area contributed by atoms with Gasteiger partial charge in [-0.25, -0.2) is 9.97 Å². The summed E-state index contributed by atoms with van der Waals surface area (Å²) in [6, 6.07) is 0. The number of thioether (sulfide) groups is 1. The van der Waals surface area contributed by atoms with Crippen LogP contribution < -0.4 is 4.90 Å². The van der Waals surface area contributed by atoms with Crippen molar-refractivity contribution in [1.29, 1.82) is 0 Å². The fourth-order valence-corrected chi connectivity index (χ4v) is 3.62. The van der Waals surface area contributed by atoms with E-state index in [0.29, 0.717) is 10.4 Å². The molecule has 1 fully saturated rings. The number of nitrogens with zero attached hydrogens (tertiary/aromatic N) is 3. The third-order valence-electron chi connectivity index (χ3n) is 3.63. The molecular formula is C15H24ClN3S. The van der Waals surface area contributed by atoms with Crippen LogP contribution in [0, 0.1) is 6.92 Å². The molecule has 2 rings (SSSR count). The first kappa shape index (κ1) is 15.9. The van der Waals surface area contributed by atoms with Crippen LogP contribution in [-0.2, 0) is 5.41 Å². The maximum Gasteiger partial charge on any atom is 0.137 e. The monoisotopic (exact) mass is 313 g/mol. The van der Waals surface area contributed by atoms with Gasteiger partial charge in [0.1, 0.15) is 16.8 Å². The molecule has 0 radical (unpaired) electrons. The summed E-state index contributed by atoms with van der Waals surface area (Å²) >= 11 is 8.39. The number of rotatable bonds is 2. The fraction of sp³-hybridized carbons (Fsp3) is 0.733. The van der Waals surface area contributed by atoms with Gasteiger partial charge in [0.05, 0.1) is 0 Å². The SMILES string of the molecule is CCC1CN(c2nc(C(C)(C)C)nc(Cl)c2C)CCS1. The molecule has 0 aromatic carbocycles. The van der Waals surface area contributed by atoms with Crippen molar-refractivity contribution in [3.63, 3.8) is 0 Å². The average molecular weight is 314 g/mol. The third-order valence-corrected chi connectivity index (χ3v) is 5.37. The molecule has 1 aromatic heterocycles. The Morgan fingerprint density at radius 2 is 2.05 bits per heavy atom. The maximum atomic E-state index is 6.33. The van der Waals surface area contributed by atoms with Gasteiger partial charge in [0, 0.05) is 35.1 Å². The van der Waals surface area contributed by atoms with Crippen molar-refractivity contribution in [1.82, 2.24) is 9.97 Å². The van der Waals surface area contributed by atoms with E-state index in [4.69, 9.17) is 16.6 Å². The summed E-state index contributed by atoms with van der Waals surface area (Å²) in [5, 5.41) is 1.28. The second kappa shape index (κ2) is 6.10. The van der Waals surface area contributed by atoms with Crippen molar-refractivity contribution in [2.45, 2.75) is 51.7 Å². The minimum absolute atomic E-state index is 0.0826. The summed E-state index contributed by atoms with van der Waals surface area (Å²) in [7, 11) is 0. The standard InChI is InChI=1S/C15H24ClN3S/c1-6-11-9-19(7-8-20-11)13-10(2)12(16)17-14(18-13)15(3,4)5/h11H,6-9H2,1-5H3. The van der Waals surface area contributed by atoms with Gasteiger partial charge in [-0.05, 0) is 13.3 Å². The zero-order chi connectivity index (χ0) is 14.9. The second-order valence-corrected chi connectivity index (χ2v) is 8.15. The van der Waals surface area contributed by atoms with Crippen LogP contribution in [0.25, 0.3) is 0 Å². The molecule has 0 amide bonds.